The van der Waals surface area contributed by atoms with Gasteiger partial charge >= 0.3 is 0 Å². The molecule has 2 rings (SSSR count). The molecule has 15 heavy (non-hydrogen) atoms. The number of furan rings is 1. The van der Waals surface area contributed by atoms with E-state index in [1.165, 1.54) is 4.88 Å². The molecule has 0 amide bonds. The van der Waals surface area contributed by atoms with Crippen molar-refractivity contribution in [2.24, 2.45) is 0 Å². The van der Waals surface area contributed by atoms with Gasteiger partial charge in [0.05, 0.1) is 17.1 Å². The smallest absolute Gasteiger partial charge is 0.117 e. The van der Waals surface area contributed by atoms with Crippen LogP contribution in [0.25, 0.3) is 0 Å². The van der Waals surface area contributed by atoms with Crippen molar-refractivity contribution in [2.45, 2.75) is 19.5 Å². The lowest BCUT2D eigenvalue weighted by Crippen LogP contribution is -2.16. The van der Waals surface area contributed by atoms with Gasteiger partial charge in [-0.05, 0) is 31.2 Å². The maximum absolute atomic E-state index is 5.88. The molecule has 0 spiro atoms. The highest BCUT2D eigenvalue weighted by Gasteiger charge is 2.07. The van der Waals surface area contributed by atoms with Gasteiger partial charge < -0.3 is 9.73 Å². The third-order valence-electron chi connectivity index (χ3n) is 2.18. The summed E-state index contributed by atoms with van der Waals surface area (Å²) in [7, 11) is 0. The molecule has 0 radical (unpaired) electrons. The van der Waals surface area contributed by atoms with Crippen LogP contribution in [0.2, 0.25) is 4.34 Å². The van der Waals surface area contributed by atoms with Gasteiger partial charge in [0.1, 0.15) is 5.76 Å². The number of nitrogens with one attached hydrogen (secondary N) is 1. The highest BCUT2D eigenvalue weighted by atomic mass is 35.5. The quantitative estimate of drug-likeness (QED) is 0.880. The van der Waals surface area contributed by atoms with Crippen molar-refractivity contribution in [3.63, 3.8) is 0 Å². The third kappa shape index (κ3) is 2.84. The van der Waals surface area contributed by atoms with Gasteiger partial charge in [0, 0.05) is 10.9 Å². The van der Waals surface area contributed by atoms with Crippen molar-refractivity contribution in [3.8, 4) is 0 Å². The zero-order chi connectivity index (χ0) is 10.7. The molecule has 0 bridgehead atoms. The van der Waals surface area contributed by atoms with Crippen molar-refractivity contribution in [1.29, 1.82) is 0 Å². The Bertz CT molecular complexity index is 410. The van der Waals surface area contributed by atoms with Gasteiger partial charge in [-0.25, -0.2) is 0 Å². The van der Waals surface area contributed by atoms with E-state index in [0.29, 0.717) is 6.04 Å². The van der Waals surface area contributed by atoms with E-state index in [4.69, 9.17) is 16.0 Å². The molecule has 0 aliphatic rings. The van der Waals surface area contributed by atoms with E-state index in [9.17, 15) is 0 Å². The van der Waals surface area contributed by atoms with E-state index in [-0.39, 0.29) is 0 Å². The van der Waals surface area contributed by atoms with Crippen molar-refractivity contribution < 1.29 is 4.42 Å². The molecular weight excluding hydrogens is 230 g/mol. The van der Waals surface area contributed by atoms with E-state index in [1.54, 1.807) is 17.6 Å². The molecule has 0 fully saturated rings. The molecule has 2 aromatic heterocycles. The van der Waals surface area contributed by atoms with Crippen molar-refractivity contribution >= 4 is 22.9 Å². The summed E-state index contributed by atoms with van der Waals surface area (Å²) in [5.74, 6) is 0.949. The molecule has 0 aliphatic carbocycles. The second-order valence-corrected chi connectivity index (χ2v) is 5.07. The Morgan fingerprint density at radius 3 is 2.93 bits per heavy atom. The van der Waals surface area contributed by atoms with E-state index in [2.05, 4.69) is 12.2 Å². The van der Waals surface area contributed by atoms with Gasteiger partial charge in [0.15, 0.2) is 0 Å². The molecular formula is C11H12ClNOS. The first-order valence-electron chi connectivity index (χ1n) is 4.76. The molecule has 2 heterocycles. The lowest BCUT2D eigenvalue weighted by atomic mass is 10.2. The Morgan fingerprint density at radius 1 is 1.47 bits per heavy atom. The van der Waals surface area contributed by atoms with E-state index >= 15 is 0 Å². The number of hydrogen-bond acceptors (Lipinski definition) is 3. The molecule has 80 valence electrons. The summed E-state index contributed by atoms with van der Waals surface area (Å²) in [6, 6.07) is 8.12. The average Bonchev–Trinajstić information content (AvgIpc) is 2.84. The Hall–Kier alpha value is -0.770. The topological polar surface area (TPSA) is 25.2 Å². The number of hydrogen-bond donors (Lipinski definition) is 1. The molecule has 0 saturated heterocycles. The molecule has 0 aromatic carbocycles. The summed E-state index contributed by atoms with van der Waals surface area (Å²) >= 11 is 7.48. The highest BCUT2D eigenvalue weighted by Crippen LogP contribution is 2.26. The molecule has 2 aromatic rings. The summed E-state index contributed by atoms with van der Waals surface area (Å²) in [5, 5.41) is 3.37. The minimum atomic E-state index is 0.299. The minimum Gasteiger partial charge on any atom is -0.468 e. The normalized spacial score (nSPS) is 12.9. The fourth-order valence-corrected chi connectivity index (χ4v) is 2.42. The van der Waals surface area contributed by atoms with E-state index < -0.39 is 0 Å². The summed E-state index contributed by atoms with van der Waals surface area (Å²) in [4.78, 5) is 1.24. The van der Waals surface area contributed by atoms with Crippen LogP contribution in [-0.4, -0.2) is 0 Å². The molecule has 0 saturated carbocycles. The van der Waals surface area contributed by atoms with Gasteiger partial charge in [-0.2, -0.15) is 0 Å². The lowest BCUT2D eigenvalue weighted by Gasteiger charge is -2.10. The number of halogens is 1. The largest absolute Gasteiger partial charge is 0.468 e. The lowest BCUT2D eigenvalue weighted by molar-refractivity contribution is 0.462. The van der Waals surface area contributed by atoms with Crippen LogP contribution in [0.15, 0.2) is 34.9 Å². The summed E-state index contributed by atoms with van der Waals surface area (Å²) in [6.45, 7) is 2.86. The van der Waals surface area contributed by atoms with Crippen molar-refractivity contribution in [3.05, 3.63) is 45.5 Å². The first-order valence-corrected chi connectivity index (χ1v) is 5.96. The summed E-state index contributed by atoms with van der Waals surface area (Å²) in [6.07, 6.45) is 1.68. The second kappa shape index (κ2) is 4.84. The average molecular weight is 242 g/mol. The summed E-state index contributed by atoms with van der Waals surface area (Å²) in [5.41, 5.74) is 0. The van der Waals surface area contributed by atoms with Crippen LogP contribution in [0, 0.1) is 0 Å². The Labute approximate surface area is 97.9 Å². The maximum Gasteiger partial charge on any atom is 0.117 e. The fourth-order valence-electron chi connectivity index (χ4n) is 1.33. The minimum absolute atomic E-state index is 0.299. The van der Waals surface area contributed by atoms with Crippen LogP contribution >= 0.6 is 22.9 Å². The SMILES string of the molecule is CC(NCc1ccco1)c1ccc(Cl)s1. The van der Waals surface area contributed by atoms with E-state index in [0.717, 1.165) is 16.6 Å². The van der Waals surface area contributed by atoms with Gasteiger partial charge in [-0.15, -0.1) is 11.3 Å². The fraction of sp³-hybridized carbons (Fsp3) is 0.273. The molecule has 0 aliphatic heterocycles. The number of rotatable bonds is 4. The Balaban J connectivity index is 1.90. The van der Waals surface area contributed by atoms with Crippen LogP contribution in [0.3, 0.4) is 0 Å². The van der Waals surface area contributed by atoms with Crippen LogP contribution in [-0.2, 0) is 6.54 Å². The molecule has 1 unspecified atom stereocenters. The van der Waals surface area contributed by atoms with E-state index in [1.807, 2.05) is 24.3 Å². The summed E-state index contributed by atoms with van der Waals surface area (Å²) < 4.78 is 6.07. The van der Waals surface area contributed by atoms with Crippen molar-refractivity contribution in [2.75, 3.05) is 0 Å². The zero-order valence-electron chi connectivity index (χ0n) is 8.37. The standard InChI is InChI=1S/C11H12ClNOS/c1-8(10-4-5-11(12)15-10)13-7-9-3-2-6-14-9/h2-6,8,13H,7H2,1H3. The van der Waals surface area contributed by atoms with Gasteiger partial charge in [-0.3, -0.25) is 0 Å². The Morgan fingerprint density at radius 2 is 2.33 bits per heavy atom. The molecule has 4 heteroatoms. The first-order chi connectivity index (χ1) is 7.25. The third-order valence-corrected chi connectivity index (χ3v) is 3.60. The van der Waals surface area contributed by atoms with Crippen LogP contribution in [0.5, 0.6) is 0 Å². The molecule has 1 atom stereocenters. The molecule has 2 nitrogen and oxygen atoms in total. The number of thiophene rings is 1. The monoisotopic (exact) mass is 241 g/mol. The zero-order valence-corrected chi connectivity index (χ0v) is 9.94. The van der Waals surface area contributed by atoms with Gasteiger partial charge in [0.2, 0.25) is 0 Å². The highest BCUT2D eigenvalue weighted by molar-refractivity contribution is 7.16. The predicted octanol–water partition coefficient (Wildman–Crippen LogP) is 3.85. The molecule has 1 N–H and O–H groups in total. The van der Waals surface area contributed by atoms with Crippen LogP contribution < -0.4 is 5.32 Å². The van der Waals surface area contributed by atoms with Crippen molar-refractivity contribution in [1.82, 2.24) is 5.32 Å². The van der Waals surface area contributed by atoms with Crippen LogP contribution in [0.1, 0.15) is 23.6 Å². The van der Waals surface area contributed by atoms with Crippen LogP contribution in [0.4, 0.5) is 0 Å². The predicted molar refractivity (Wildman–Crippen MR) is 63.3 cm³/mol. The van der Waals surface area contributed by atoms with Gasteiger partial charge in [-0.1, -0.05) is 11.6 Å². The maximum atomic E-state index is 5.88. The van der Waals surface area contributed by atoms with Gasteiger partial charge in [0.25, 0.3) is 0 Å². The second-order valence-electron chi connectivity index (χ2n) is 3.32. The first kappa shape index (κ1) is 10.7. The Kier molecular flexibility index (Phi) is 3.46.